The first-order valence-corrected chi connectivity index (χ1v) is 11.9. The van der Waals surface area contributed by atoms with Gasteiger partial charge in [0.25, 0.3) is 17.7 Å². The number of carbonyl (C=O) groups is 3. The van der Waals surface area contributed by atoms with Crippen LogP contribution in [0.3, 0.4) is 0 Å². The van der Waals surface area contributed by atoms with Crippen LogP contribution in [-0.2, 0) is 0 Å². The minimum absolute atomic E-state index is 0.00539. The van der Waals surface area contributed by atoms with Crippen LogP contribution in [0.5, 0.6) is 0 Å². The Morgan fingerprint density at radius 2 is 1.73 bits per heavy atom. The van der Waals surface area contributed by atoms with Gasteiger partial charge in [0.15, 0.2) is 5.76 Å². The van der Waals surface area contributed by atoms with Crippen molar-refractivity contribution in [2.45, 2.75) is 45.1 Å². The minimum Gasteiger partial charge on any atom is -0.459 e. The molecule has 0 spiro atoms. The maximum absolute atomic E-state index is 12.8. The van der Waals surface area contributed by atoms with E-state index in [1.165, 1.54) is 36.9 Å². The molecule has 1 saturated carbocycles. The van der Waals surface area contributed by atoms with E-state index in [2.05, 4.69) is 10.6 Å². The first kappa shape index (κ1) is 22.8. The van der Waals surface area contributed by atoms with E-state index in [0.29, 0.717) is 27.2 Å². The SMILES string of the molecule is Cc1cc(NC(=O)c2ccco2)sc1C(=O)Nc1ccc(C(=O)N(C)C2CCCCC2)cc1. The number of rotatable bonds is 6. The van der Waals surface area contributed by atoms with Crippen molar-refractivity contribution >= 4 is 39.7 Å². The second-order valence-corrected chi connectivity index (χ2v) is 9.35. The lowest BCUT2D eigenvalue weighted by molar-refractivity contribution is 0.0696. The van der Waals surface area contributed by atoms with Gasteiger partial charge in [-0.3, -0.25) is 14.4 Å². The van der Waals surface area contributed by atoms with E-state index >= 15 is 0 Å². The van der Waals surface area contributed by atoms with Crippen LogP contribution in [0.2, 0.25) is 0 Å². The second-order valence-electron chi connectivity index (χ2n) is 8.29. The van der Waals surface area contributed by atoms with E-state index in [1.807, 2.05) is 18.9 Å². The third kappa shape index (κ3) is 5.34. The molecule has 3 aromatic rings. The summed E-state index contributed by atoms with van der Waals surface area (Å²) >= 11 is 1.19. The summed E-state index contributed by atoms with van der Waals surface area (Å²) < 4.78 is 5.09. The summed E-state index contributed by atoms with van der Waals surface area (Å²) in [5.74, 6) is -0.428. The Morgan fingerprint density at radius 3 is 2.39 bits per heavy atom. The summed E-state index contributed by atoms with van der Waals surface area (Å²) in [6, 6.07) is 12.2. The van der Waals surface area contributed by atoms with Crippen molar-refractivity contribution in [3.05, 3.63) is 70.5 Å². The number of hydrogen-bond acceptors (Lipinski definition) is 5. The van der Waals surface area contributed by atoms with Gasteiger partial charge in [0, 0.05) is 24.3 Å². The molecular formula is C25H27N3O4S. The zero-order valence-corrected chi connectivity index (χ0v) is 19.5. The van der Waals surface area contributed by atoms with Gasteiger partial charge in [0.05, 0.1) is 16.1 Å². The molecule has 3 amide bonds. The summed E-state index contributed by atoms with van der Waals surface area (Å²) in [4.78, 5) is 40.1. The molecule has 2 N–H and O–H groups in total. The summed E-state index contributed by atoms with van der Waals surface area (Å²) in [6.45, 7) is 1.82. The second kappa shape index (κ2) is 10.0. The molecule has 33 heavy (non-hydrogen) atoms. The van der Waals surface area contributed by atoms with Crippen molar-refractivity contribution in [2.75, 3.05) is 17.7 Å². The number of nitrogens with zero attached hydrogens (tertiary/aromatic N) is 1. The number of hydrogen-bond donors (Lipinski definition) is 2. The lowest BCUT2D eigenvalue weighted by atomic mass is 9.94. The minimum atomic E-state index is -0.369. The van der Waals surface area contributed by atoms with Gasteiger partial charge in [0.2, 0.25) is 0 Å². The fraction of sp³-hybridized carbons (Fsp3) is 0.320. The Kier molecular flexibility index (Phi) is 6.93. The number of thiophene rings is 1. The van der Waals surface area contributed by atoms with E-state index in [-0.39, 0.29) is 23.5 Å². The highest BCUT2D eigenvalue weighted by Crippen LogP contribution is 2.28. The molecule has 0 saturated heterocycles. The molecule has 4 rings (SSSR count). The van der Waals surface area contributed by atoms with Crippen LogP contribution in [0.15, 0.2) is 53.1 Å². The maximum Gasteiger partial charge on any atom is 0.291 e. The molecule has 2 heterocycles. The number of furan rings is 1. The summed E-state index contributed by atoms with van der Waals surface area (Å²) in [7, 11) is 1.87. The Hall–Kier alpha value is -3.39. The largest absolute Gasteiger partial charge is 0.459 e. The predicted molar refractivity (Wildman–Crippen MR) is 129 cm³/mol. The molecule has 7 nitrogen and oxygen atoms in total. The number of amides is 3. The van der Waals surface area contributed by atoms with Crippen molar-refractivity contribution in [3.8, 4) is 0 Å². The van der Waals surface area contributed by atoms with Gasteiger partial charge < -0.3 is 20.0 Å². The molecule has 0 bridgehead atoms. The van der Waals surface area contributed by atoms with Gasteiger partial charge >= 0.3 is 0 Å². The zero-order chi connectivity index (χ0) is 23.4. The molecule has 172 valence electrons. The standard InChI is InChI=1S/C25H27N3O4S/c1-16-15-21(27-23(29)20-9-6-14-32-20)33-22(16)24(30)26-18-12-10-17(11-13-18)25(31)28(2)19-7-4-3-5-8-19/h6,9-15,19H,3-5,7-8H2,1-2H3,(H,26,30)(H,27,29). The Labute approximate surface area is 196 Å². The maximum atomic E-state index is 12.8. The molecular weight excluding hydrogens is 438 g/mol. The molecule has 0 aliphatic heterocycles. The fourth-order valence-electron chi connectivity index (χ4n) is 4.07. The smallest absolute Gasteiger partial charge is 0.291 e. The first-order valence-electron chi connectivity index (χ1n) is 11.1. The number of aryl methyl sites for hydroxylation is 1. The van der Waals surface area contributed by atoms with Crippen LogP contribution in [0.4, 0.5) is 10.7 Å². The quantitative estimate of drug-likeness (QED) is 0.499. The number of carbonyl (C=O) groups excluding carboxylic acids is 3. The average Bonchev–Trinajstić information content (AvgIpc) is 3.49. The normalized spacial score (nSPS) is 14.0. The monoisotopic (exact) mass is 465 g/mol. The number of benzene rings is 1. The van der Waals surface area contributed by atoms with E-state index in [0.717, 1.165) is 18.4 Å². The van der Waals surface area contributed by atoms with Crippen molar-refractivity contribution in [3.63, 3.8) is 0 Å². The van der Waals surface area contributed by atoms with Crippen LogP contribution >= 0.6 is 11.3 Å². The van der Waals surface area contributed by atoms with E-state index in [4.69, 9.17) is 4.42 Å². The third-order valence-corrected chi connectivity index (χ3v) is 7.09. The van der Waals surface area contributed by atoms with Gasteiger partial charge in [-0.15, -0.1) is 11.3 Å². The number of anilines is 2. The molecule has 1 aromatic carbocycles. The van der Waals surface area contributed by atoms with Gasteiger partial charge in [-0.2, -0.15) is 0 Å². The van der Waals surface area contributed by atoms with Gasteiger partial charge in [-0.05, 0) is 67.8 Å². The zero-order valence-electron chi connectivity index (χ0n) is 18.7. The van der Waals surface area contributed by atoms with Gasteiger partial charge in [0.1, 0.15) is 0 Å². The van der Waals surface area contributed by atoms with Crippen molar-refractivity contribution in [1.29, 1.82) is 0 Å². The molecule has 1 fully saturated rings. The Morgan fingerprint density at radius 1 is 1.00 bits per heavy atom. The van der Waals surface area contributed by atoms with Crippen molar-refractivity contribution in [1.82, 2.24) is 4.90 Å². The molecule has 0 atom stereocenters. The van der Waals surface area contributed by atoms with E-state index < -0.39 is 0 Å². The summed E-state index contributed by atoms with van der Waals surface area (Å²) in [6.07, 6.45) is 7.13. The lowest BCUT2D eigenvalue weighted by Crippen LogP contribution is -2.38. The Bertz CT molecular complexity index is 1130. The van der Waals surface area contributed by atoms with Crippen LogP contribution < -0.4 is 10.6 Å². The molecule has 8 heteroatoms. The Balaban J connectivity index is 1.38. The third-order valence-electron chi connectivity index (χ3n) is 5.94. The summed E-state index contributed by atoms with van der Waals surface area (Å²) in [5.41, 5.74) is 1.97. The molecule has 0 radical (unpaired) electrons. The summed E-state index contributed by atoms with van der Waals surface area (Å²) in [5, 5.41) is 6.17. The topological polar surface area (TPSA) is 91.6 Å². The van der Waals surface area contributed by atoms with Crippen LogP contribution in [0.25, 0.3) is 0 Å². The van der Waals surface area contributed by atoms with Crippen LogP contribution in [0, 0.1) is 6.92 Å². The molecule has 2 aromatic heterocycles. The van der Waals surface area contributed by atoms with Crippen molar-refractivity contribution in [2.24, 2.45) is 0 Å². The molecule has 1 aliphatic carbocycles. The fourth-order valence-corrected chi connectivity index (χ4v) is 5.04. The molecule has 1 aliphatic rings. The van der Waals surface area contributed by atoms with Crippen LogP contribution in [-0.4, -0.2) is 35.7 Å². The number of nitrogens with one attached hydrogen (secondary N) is 2. The van der Waals surface area contributed by atoms with Gasteiger partial charge in [-0.1, -0.05) is 19.3 Å². The van der Waals surface area contributed by atoms with Crippen molar-refractivity contribution < 1.29 is 18.8 Å². The highest BCUT2D eigenvalue weighted by Gasteiger charge is 2.23. The van der Waals surface area contributed by atoms with E-state index in [1.54, 1.807) is 42.5 Å². The lowest BCUT2D eigenvalue weighted by Gasteiger charge is -2.31. The highest BCUT2D eigenvalue weighted by atomic mass is 32.1. The van der Waals surface area contributed by atoms with E-state index in [9.17, 15) is 14.4 Å². The van der Waals surface area contributed by atoms with Crippen LogP contribution in [0.1, 0.15) is 68.3 Å². The van der Waals surface area contributed by atoms with Gasteiger partial charge in [-0.25, -0.2) is 0 Å². The first-order chi connectivity index (χ1) is 15.9. The average molecular weight is 466 g/mol. The molecule has 0 unspecified atom stereocenters. The predicted octanol–water partition coefficient (Wildman–Crippen LogP) is 5.56. The highest BCUT2D eigenvalue weighted by molar-refractivity contribution is 7.18.